The monoisotopic (exact) mass is 690 g/mol. The molecular formula is C30H36BrClN6O2S2. The zero-order chi connectivity index (χ0) is 29.2. The number of anilines is 3. The van der Waals surface area contributed by atoms with Gasteiger partial charge in [-0.1, -0.05) is 42.2 Å². The number of carbonyl (C=O) groups excluding carboxylic acids is 2. The van der Waals surface area contributed by atoms with Crippen molar-refractivity contribution in [3.05, 3.63) is 44.7 Å². The molecule has 12 heteroatoms. The largest absolute Gasteiger partial charge is 0.371 e. The summed E-state index contributed by atoms with van der Waals surface area (Å²) in [6.45, 7) is 5.51. The number of thiophene rings is 1. The normalized spacial score (nSPS) is 19.3. The average molecular weight is 692 g/mol. The van der Waals surface area contributed by atoms with Gasteiger partial charge in [0.25, 0.3) is 5.91 Å². The maximum atomic E-state index is 13.4. The number of hydrogen-bond donors (Lipinski definition) is 2. The quantitative estimate of drug-likeness (QED) is 0.287. The summed E-state index contributed by atoms with van der Waals surface area (Å²) in [7, 11) is 0. The van der Waals surface area contributed by atoms with E-state index in [-0.39, 0.29) is 17.7 Å². The molecule has 0 spiro atoms. The van der Waals surface area contributed by atoms with Crippen LogP contribution in [-0.2, 0) is 4.79 Å². The molecule has 42 heavy (non-hydrogen) atoms. The number of nitrogens with zero attached hydrogens (tertiary/aromatic N) is 4. The molecule has 0 atom stereocenters. The molecule has 224 valence electrons. The first kappa shape index (κ1) is 29.9. The average Bonchev–Trinajstić information content (AvgIpc) is 3.63. The molecule has 2 amide bonds. The van der Waals surface area contributed by atoms with E-state index in [0.29, 0.717) is 15.7 Å². The molecule has 0 radical (unpaired) electrons. The van der Waals surface area contributed by atoms with E-state index in [9.17, 15) is 9.59 Å². The van der Waals surface area contributed by atoms with Crippen molar-refractivity contribution in [2.45, 2.75) is 51.0 Å². The number of nitrogens with one attached hydrogen (secondary N) is 1. The Kier molecular flexibility index (Phi) is 9.40. The second-order valence-corrected chi connectivity index (χ2v) is 14.6. The van der Waals surface area contributed by atoms with Crippen LogP contribution in [0.1, 0.15) is 55.3 Å². The van der Waals surface area contributed by atoms with Crippen molar-refractivity contribution in [3.63, 3.8) is 0 Å². The Morgan fingerprint density at radius 1 is 0.976 bits per heavy atom. The Hall–Kier alpha value is -2.18. The molecule has 1 aliphatic carbocycles. The van der Waals surface area contributed by atoms with E-state index in [2.05, 4.69) is 35.9 Å². The number of nitrogens with two attached hydrogens (primary N) is 1. The Bertz CT molecular complexity index is 1420. The van der Waals surface area contributed by atoms with Crippen LogP contribution in [-0.4, -0.2) is 67.0 Å². The molecule has 0 bridgehead atoms. The van der Waals surface area contributed by atoms with E-state index >= 15 is 0 Å². The first-order chi connectivity index (χ1) is 20.4. The lowest BCUT2D eigenvalue weighted by molar-refractivity contribution is -0.122. The fraction of sp³-hybridized carbons (Fsp3) is 0.500. The predicted octanol–water partition coefficient (Wildman–Crippen LogP) is 6.70. The second kappa shape index (κ2) is 13.2. The maximum Gasteiger partial charge on any atom is 0.257 e. The highest BCUT2D eigenvalue weighted by Gasteiger charge is 2.29. The van der Waals surface area contributed by atoms with E-state index in [1.54, 1.807) is 11.3 Å². The molecule has 2 aromatic heterocycles. The Morgan fingerprint density at radius 2 is 1.71 bits per heavy atom. The lowest BCUT2D eigenvalue weighted by Crippen LogP contribution is -2.50. The molecule has 6 rings (SSSR count). The van der Waals surface area contributed by atoms with Crippen molar-refractivity contribution in [2.75, 3.05) is 54.4 Å². The summed E-state index contributed by atoms with van der Waals surface area (Å²) in [6.07, 6.45) is 8.19. The Balaban J connectivity index is 1.16. The summed E-state index contributed by atoms with van der Waals surface area (Å²) in [5.74, 6) is -0.491. The fourth-order valence-corrected chi connectivity index (χ4v) is 9.18. The van der Waals surface area contributed by atoms with Gasteiger partial charge in [0.05, 0.1) is 15.6 Å². The molecule has 3 aromatic rings. The molecule has 3 fully saturated rings. The van der Waals surface area contributed by atoms with Crippen LogP contribution in [0.3, 0.4) is 0 Å². The maximum absolute atomic E-state index is 13.4. The van der Waals surface area contributed by atoms with Gasteiger partial charge >= 0.3 is 0 Å². The highest BCUT2D eigenvalue weighted by Crippen LogP contribution is 2.42. The number of thiazole rings is 1. The van der Waals surface area contributed by atoms with E-state index in [0.717, 1.165) is 83.9 Å². The van der Waals surface area contributed by atoms with Gasteiger partial charge < -0.3 is 15.5 Å². The molecule has 8 nitrogen and oxygen atoms in total. The van der Waals surface area contributed by atoms with Gasteiger partial charge in [-0.3, -0.25) is 19.8 Å². The van der Waals surface area contributed by atoms with Gasteiger partial charge in [-0.2, -0.15) is 0 Å². The molecule has 1 saturated carbocycles. The standard InChI is InChI=1S/C30H36BrClN6O2S2/c31-23-16-20(6-7-24(23)37-10-8-19(9-11-37)27(33)39)28(40)35-30-34-26(25-17-21(32)18-41-25)29(42-30)38-14-12-36(13-15-38)22-4-2-1-3-5-22/h6-7,16-19,22H,1-5,8-15H2,(H2,33,39)(H,34,35,40). The highest BCUT2D eigenvalue weighted by molar-refractivity contribution is 9.10. The highest BCUT2D eigenvalue weighted by atomic mass is 79.9. The first-order valence-electron chi connectivity index (χ1n) is 14.7. The number of piperidine rings is 1. The molecule has 3 N–H and O–H groups in total. The zero-order valence-corrected chi connectivity index (χ0v) is 27.5. The predicted molar refractivity (Wildman–Crippen MR) is 177 cm³/mol. The lowest BCUT2D eigenvalue weighted by Gasteiger charge is -2.41. The topological polar surface area (TPSA) is 94.8 Å². The number of aromatic nitrogens is 1. The number of halogens is 2. The number of benzene rings is 1. The zero-order valence-electron chi connectivity index (χ0n) is 23.5. The third-order valence-electron chi connectivity index (χ3n) is 8.77. The lowest BCUT2D eigenvalue weighted by atomic mass is 9.94. The number of amides is 2. The molecular weight excluding hydrogens is 656 g/mol. The number of hydrogen-bond acceptors (Lipinski definition) is 8. The van der Waals surface area contributed by atoms with Gasteiger partial charge in [0, 0.05) is 66.6 Å². The van der Waals surface area contributed by atoms with Gasteiger partial charge in [0.1, 0.15) is 10.7 Å². The smallest absolute Gasteiger partial charge is 0.257 e. The summed E-state index contributed by atoms with van der Waals surface area (Å²) < 4.78 is 0.845. The minimum atomic E-state index is -0.224. The van der Waals surface area contributed by atoms with Crippen LogP contribution in [0.25, 0.3) is 10.6 Å². The van der Waals surface area contributed by atoms with Crippen molar-refractivity contribution >= 4 is 77.8 Å². The summed E-state index contributed by atoms with van der Waals surface area (Å²) in [5, 5.41) is 7.35. The SMILES string of the molecule is NC(=O)C1CCN(c2ccc(C(=O)Nc3nc(-c4cc(Cl)cs4)c(N4CCN(C5CCCCC5)CC4)s3)cc2Br)CC1. The van der Waals surface area contributed by atoms with Crippen LogP contribution in [0.15, 0.2) is 34.1 Å². The van der Waals surface area contributed by atoms with Gasteiger partial charge in [0.2, 0.25) is 5.91 Å². The third kappa shape index (κ3) is 6.65. The Labute approximate surface area is 268 Å². The van der Waals surface area contributed by atoms with Gasteiger partial charge in [-0.15, -0.1) is 11.3 Å². The number of primary amides is 1. The molecule has 4 heterocycles. The number of carbonyl (C=O) groups is 2. The minimum Gasteiger partial charge on any atom is -0.371 e. The fourth-order valence-electron chi connectivity index (χ4n) is 6.39. The van der Waals surface area contributed by atoms with Crippen LogP contribution >= 0.6 is 50.2 Å². The number of rotatable bonds is 7. The summed E-state index contributed by atoms with van der Waals surface area (Å²) >= 11 is 13.1. The first-order valence-corrected chi connectivity index (χ1v) is 17.6. The number of piperazine rings is 1. The molecule has 1 aromatic carbocycles. The molecule has 3 aliphatic rings. The van der Waals surface area contributed by atoms with Crippen LogP contribution < -0.4 is 20.9 Å². The molecule has 0 unspecified atom stereocenters. The van der Waals surface area contributed by atoms with E-state index in [1.807, 2.05) is 29.6 Å². The van der Waals surface area contributed by atoms with Crippen molar-refractivity contribution in [3.8, 4) is 10.6 Å². The molecule has 2 saturated heterocycles. The van der Waals surface area contributed by atoms with Crippen LogP contribution in [0.4, 0.5) is 15.8 Å². The second-order valence-electron chi connectivity index (χ2n) is 11.4. The van der Waals surface area contributed by atoms with Gasteiger partial charge in [0.15, 0.2) is 5.13 Å². The minimum absolute atomic E-state index is 0.0656. The van der Waals surface area contributed by atoms with Crippen LogP contribution in [0, 0.1) is 5.92 Å². The van der Waals surface area contributed by atoms with E-state index in [1.165, 1.54) is 43.4 Å². The summed E-state index contributed by atoms with van der Waals surface area (Å²) in [4.78, 5) is 38.1. The Morgan fingerprint density at radius 3 is 2.36 bits per heavy atom. The summed E-state index contributed by atoms with van der Waals surface area (Å²) in [5.41, 5.74) is 7.94. The van der Waals surface area contributed by atoms with Crippen molar-refractivity contribution in [1.82, 2.24) is 9.88 Å². The third-order valence-corrected chi connectivity index (χ3v) is 11.7. The van der Waals surface area contributed by atoms with Crippen molar-refractivity contribution < 1.29 is 9.59 Å². The van der Waals surface area contributed by atoms with E-state index in [4.69, 9.17) is 22.3 Å². The van der Waals surface area contributed by atoms with Gasteiger partial charge in [-0.25, -0.2) is 4.98 Å². The van der Waals surface area contributed by atoms with Crippen molar-refractivity contribution in [1.29, 1.82) is 0 Å². The van der Waals surface area contributed by atoms with Gasteiger partial charge in [-0.05, 0) is 65.9 Å². The van der Waals surface area contributed by atoms with Crippen LogP contribution in [0.5, 0.6) is 0 Å². The van der Waals surface area contributed by atoms with Crippen LogP contribution in [0.2, 0.25) is 5.02 Å². The van der Waals surface area contributed by atoms with E-state index < -0.39 is 0 Å². The molecule has 2 aliphatic heterocycles. The van der Waals surface area contributed by atoms with Crippen molar-refractivity contribution in [2.24, 2.45) is 11.7 Å². The summed E-state index contributed by atoms with van der Waals surface area (Å²) in [6, 6.07) is 8.33.